The average molecular weight is 385 g/mol. The standard InChI is InChI=1S/C19H17F2N5O2/c1-2-28-19(27)11-3-6-13(7-4-11)25-17-16(22)18(24-10-23-17)26-15-8-5-12(20)9-14(15)21/h3-10H,2,22H2,1H3,(H2,23,24,25,26). The minimum atomic E-state index is -0.776. The molecule has 0 fully saturated rings. The first-order valence-electron chi connectivity index (χ1n) is 8.34. The van der Waals surface area contributed by atoms with Gasteiger partial charge in [-0.25, -0.2) is 23.5 Å². The molecule has 0 radical (unpaired) electrons. The van der Waals surface area contributed by atoms with Crippen LogP contribution in [0.1, 0.15) is 17.3 Å². The minimum Gasteiger partial charge on any atom is -0.462 e. The Morgan fingerprint density at radius 3 is 2.39 bits per heavy atom. The lowest BCUT2D eigenvalue weighted by atomic mass is 10.2. The summed E-state index contributed by atoms with van der Waals surface area (Å²) in [5.41, 5.74) is 7.26. The zero-order valence-corrected chi connectivity index (χ0v) is 14.9. The normalized spacial score (nSPS) is 10.4. The lowest BCUT2D eigenvalue weighted by molar-refractivity contribution is 0.0526. The number of rotatable bonds is 6. The van der Waals surface area contributed by atoms with E-state index in [0.29, 0.717) is 17.9 Å². The first-order chi connectivity index (χ1) is 13.5. The van der Waals surface area contributed by atoms with Crippen molar-refractivity contribution in [2.24, 2.45) is 0 Å². The maximum absolute atomic E-state index is 13.8. The van der Waals surface area contributed by atoms with E-state index in [-0.39, 0.29) is 23.0 Å². The molecule has 0 atom stereocenters. The Kier molecular flexibility index (Phi) is 5.64. The summed E-state index contributed by atoms with van der Waals surface area (Å²) in [6, 6.07) is 9.65. The van der Waals surface area contributed by atoms with E-state index in [1.165, 1.54) is 12.4 Å². The molecule has 4 N–H and O–H groups in total. The Morgan fingerprint density at radius 1 is 1.07 bits per heavy atom. The summed E-state index contributed by atoms with van der Waals surface area (Å²) in [6.07, 6.45) is 1.25. The van der Waals surface area contributed by atoms with Crippen LogP contribution in [0.3, 0.4) is 0 Å². The van der Waals surface area contributed by atoms with Gasteiger partial charge in [-0.15, -0.1) is 0 Å². The van der Waals surface area contributed by atoms with Gasteiger partial charge in [0.25, 0.3) is 0 Å². The van der Waals surface area contributed by atoms with E-state index >= 15 is 0 Å². The van der Waals surface area contributed by atoms with E-state index in [1.807, 2.05) is 0 Å². The van der Waals surface area contributed by atoms with Gasteiger partial charge in [-0.2, -0.15) is 0 Å². The quantitative estimate of drug-likeness (QED) is 0.551. The van der Waals surface area contributed by atoms with Crippen LogP contribution in [-0.4, -0.2) is 22.5 Å². The van der Waals surface area contributed by atoms with Crippen molar-refractivity contribution in [3.63, 3.8) is 0 Å². The molecular formula is C19H17F2N5O2. The molecule has 1 aromatic heterocycles. The van der Waals surface area contributed by atoms with Gasteiger partial charge in [0.05, 0.1) is 17.9 Å². The lowest BCUT2D eigenvalue weighted by Crippen LogP contribution is -2.07. The third-order valence-electron chi connectivity index (χ3n) is 3.73. The number of hydrogen-bond donors (Lipinski definition) is 3. The lowest BCUT2D eigenvalue weighted by Gasteiger charge is -2.13. The van der Waals surface area contributed by atoms with Crippen molar-refractivity contribution in [2.45, 2.75) is 6.92 Å². The summed E-state index contributed by atoms with van der Waals surface area (Å²) in [5.74, 6) is -1.44. The van der Waals surface area contributed by atoms with Crippen molar-refractivity contribution in [1.82, 2.24) is 9.97 Å². The summed E-state index contributed by atoms with van der Waals surface area (Å²) in [6.45, 7) is 2.02. The van der Waals surface area contributed by atoms with Crippen molar-refractivity contribution in [3.8, 4) is 0 Å². The molecule has 9 heteroatoms. The zero-order valence-electron chi connectivity index (χ0n) is 14.9. The van der Waals surface area contributed by atoms with Gasteiger partial charge in [-0.3, -0.25) is 0 Å². The van der Waals surface area contributed by atoms with Crippen molar-refractivity contribution in [1.29, 1.82) is 0 Å². The van der Waals surface area contributed by atoms with Crippen molar-refractivity contribution in [3.05, 3.63) is 66.0 Å². The van der Waals surface area contributed by atoms with Gasteiger partial charge >= 0.3 is 5.97 Å². The third-order valence-corrected chi connectivity index (χ3v) is 3.73. The molecule has 3 aromatic rings. The highest BCUT2D eigenvalue weighted by molar-refractivity contribution is 5.90. The van der Waals surface area contributed by atoms with Crippen LogP contribution in [0.15, 0.2) is 48.8 Å². The van der Waals surface area contributed by atoms with E-state index in [1.54, 1.807) is 31.2 Å². The van der Waals surface area contributed by atoms with Gasteiger partial charge in [0, 0.05) is 11.8 Å². The maximum Gasteiger partial charge on any atom is 0.338 e. The summed E-state index contributed by atoms with van der Waals surface area (Å²) in [5, 5.41) is 5.71. The van der Waals surface area contributed by atoms with Crippen molar-refractivity contribution in [2.75, 3.05) is 23.0 Å². The summed E-state index contributed by atoms with van der Waals surface area (Å²) < 4.78 is 31.8. The van der Waals surface area contributed by atoms with Crippen LogP contribution < -0.4 is 16.4 Å². The van der Waals surface area contributed by atoms with E-state index in [0.717, 1.165) is 12.1 Å². The molecule has 0 aliphatic rings. The molecule has 0 spiro atoms. The zero-order chi connectivity index (χ0) is 20.1. The van der Waals surface area contributed by atoms with Crippen molar-refractivity contribution < 1.29 is 18.3 Å². The molecule has 0 aliphatic heterocycles. The number of esters is 1. The largest absolute Gasteiger partial charge is 0.462 e. The molecule has 7 nitrogen and oxygen atoms in total. The molecular weight excluding hydrogens is 368 g/mol. The predicted molar refractivity (Wildman–Crippen MR) is 102 cm³/mol. The van der Waals surface area contributed by atoms with Crippen LogP contribution in [-0.2, 0) is 4.74 Å². The monoisotopic (exact) mass is 385 g/mol. The molecule has 0 bridgehead atoms. The van der Waals surface area contributed by atoms with Crippen LogP contribution in [0.25, 0.3) is 0 Å². The number of aromatic nitrogens is 2. The topological polar surface area (TPSA) is 102 Å². The second-order valence-electron chi connectivity index (χ2n) is 5.66. The number of hydrogen-bond acceptors (Lipinski definition) is 7. The Bertz CT molecular complexity index is 996. The summed E-state index contributed by atoms with van der Waals surface area (Å²) in [7, 11) is 0. The molecule has 0 unspecified atom stereocenters. The van der Waals surface area contributed by atoms with E-state index in [9.17, 15) is 13.6 Å². The number of carbonyl (C=O) groups excluding carboxylic acids is 1. The van der Waals surface area contributed by atoms with Crippen LogP contribution in [0.5, 0.6) is 0 Å². The van der Waals surface area contributed by atoms with Crippen LogP contribution in [0, 0.1) is 11.6 Å². The molecule has 0 saturated carbocycles. The minimum absolute atomic E-state index is 0.0246. The number of carbonyl (C=O) groups is 1. The Morgan fingerprint density at radius 2 is 1.75 bits per heavy atom. The highest BCUT2D eigenvalue weighted by atomic mass is 19.1. The number of nitrogens with one attached hydrogen (secondary N) is 2. The van der Waals surface area contributed by atoms with Gasteiger partial charge in [0.1, 0.15) is 23.6 Å². The van der Waals surface area contributed by atoms with Gasteiger partial charge in [-0.05, 0) is 43.3 Å². The fourth-order valence-electron chi connectivity index (χ4n) is 2.35. The summed E-state index contributed by atoms with van der Waals surface area (Å²) >= 11 is 0. The Balaban J connectivity index is 1.78. The first-order valence-corrected chi connectivity index (χ1v) is 8.34. The fourth-order valence-corrected chi connectivity index (χ4v) is 2.35. The molecule has 0 aliphatic carbocycles. The van der Waals surface area contributed by atoms with E-state index in [4.69, 9.17) is 10.5 Å². The Labute approximate surface area is 159 Å². The number of anilines is 5. The SMILES string of the molecule is CCOC(=O)c1ccc(Nc2ncnc(Nc3ccc(F)cc3F)c2N)cc1. The smallest absolute Gasteiger partial charge is 0.338 e. The highest BCUT2D eigenvalue weighted by Crippen LogP contribution is 2.29. The molecule has 3 rings (SSSR count). The second-order valence-corrected chi connectivity index (χ2v) is 5.66. The maximum atomic E-state index is 13.8. The van der Waals surface area contributed by atoms with Gasteiger partial charge in [0.2, 0.25) is 0 Å². The fraction of sp³-hybridized carbons (Fsp3) is 0.105. The summed E-state index contributed by atoms with van der Waals surface area (Å²) in [4.78, 5) is 19.7. The first kappa shape index (κ1) is 19.0. The average Bonchev–Trinajstić information content (AvgIpc) is 2.67. The van der Waals surface area contributed by atoms with Crippen LogP contribution >= 0.6 is 0 Å². The molecule has 0 amide bonds. The number of nitrogens with two attached hydrogens (primary N) is 1. The Hall–Kier alpha value is -3.75. The number of ether oxygens (including phenoxy) is 1. The predicted octanol–water partition coefficient (Wildman–Crippen LogP) is 4.00. The molecule has 0 saturated heterocycles. The second kappa shape index (κ2) is 8.30. The third kappa shape index (κ3) is 4.32. The van der Waals surface area contributed by atoms with E-state index < -0.39 is 17.6 Å². The van der Waals surface area contributed by atoms with Gasteiger partial charge in [0.15, 0.2) is 11.6 Å². The van der Waals surface area contributed by atoms with Crippen LogP contribution in [0.2, 0.25) is 0 Å². The van der Waals surface area contributed by atoms with Crippen LogP contribution in [0.4, 0.5) is 37.5 Å². The van der Waals surface area contributed by atoms with Crippen molar-refractivity contribution >= 4 is 34.7 Å². The number of nitrogen functional groups attached to an aromatic ring is 1. The molecule has 28 heavy (non-hydrogen) atoms. The highest BCUT2D eigenvalue weighted by Gasteiger charge is 2.12. The molecule has 2 aromatic carbocycles. The number of halogens is 2. The molecule has 1 heterocycles. The molecule has 144 valence electrons. The number of benzene rings is 2. The van der Waals surface area contributed by atoms with E-state index in [2.05, 4.69) is 20.6 Å². The van der Waals surface area contributed by atoms with Gasteiger partial charge < -0.3 is 21.1 Å². The van der Waals surface area contributed by atoms with Gasteiger partial charge in [-0.1, -0.05) is 0 Å². The number of nitrogens with zero attached hydrogens (tertiary/aromatic N) is 2.